The Morgan fingerprint density at radius 1 is 1.17 bits per heavy atom. The average Bonchev–Trinajstić information content (AvgIpc) is 2.30. The molecule has 0 N–H and O–H groups in total. The highest BCUT2D eigenvalue weighted by atomic mass is 16.7. The SMILES string of the molecule is CC1=NOC2(CCCCCC2)C1. The van der Waals surface area contributed by atoms with Gasteiger partial charge in [-0.05, 0) is 32.6 Å². The van der Waals surface area contributed by atoms with Gasteiger partial charge < -0.3 is 4.84 Å². The van der Waals surface area contributed by atoms with Gasteiger partial charge in [0.05, 0.1) is 5.71 Å². The first-order valence-corrected chi connectivity index (χ1v) is 5.02. The Balaban J connectivity index is 2.01. The summed E-state index contributed by atoms with van der Waals surface area (Å²) in [6.07, 6.45) is 8.91. The summed E-state index contributed by atoms with van der Waals surface area (Å²) in [6.45, 7) is 2.07. The highest BCUT2D eigenvalue weighted by Gasteiger charge is 2.37. The van der Waals surface area contributed by atoms with Gasteiger partial charge in [-0.3, -0.25) is 0 Å². The van der Waals surface area contributed by atoms with Gasteiger partial charge in [-0.25, -0.2) is 0 Å². The molecule has 2 aliphatic rings. The van der Waals surface area contributed by atoms with Gasteiger partial charge >= 0.3 is 0 Å². The smallest absolute Gasteiger partial charge is 0.143 e. The van der Waals surface area contributed by atoms with E-state index < -0.39 is 0 Å². The fourth-order valence-electron chi connectivity index (χ4n) is 2.35. The number of hydrogen-bond donors (Lipinski definition) is 0. The summed E-state index contributed by atoms with van der Waals surface area (Å²) in [7, 11) is 0. The van der Waals surface area contributed by atoms with Gasteiger partial charge in [0.25, 0.3) is 0 Å². The molecule has 1 fully saturated rings. The van der Waals surface area contributed by atoms with Crippen LogP contribution in [-0.2, 0) is 4.84 Å². The summed E-state index contributed by atoms with van der Waals surface area (Å²) >= 11 is 0. The minimum atomic E-state index is 0.126. The minimum Gasteiger partial charge on any atom is -0.389 e. The van der Waals surface area contributed by atoms with Crippen LogP contribution in [0.1, 0.15) is 51.9 Å². The van der Waals surface area contributed by atoms with Crippen molar-refractivity contribution in [3.63, 3.8) is 0 Å². The lowest BCUT2D eigenvalue weighted by Crippen LogP contribution is -2.27. The van der Waals surface area contributed by atoms with E-state index in [0.29, 0.717) is 0 Å². The molecule has 1 spiro atoms. The van der Waals surface area contributed by atoms with Crippen molar-refractivity contribution in [1.29, 1.82) is 0 Å². The average molecular weight is 167 g/mol. The van der Waals surface area contributed by atoms with Crippen LogP contribution in [0.3, 0.4) is 0 Å². The number of nitrogens with zero attached hydrogens (tertiary/aromatic N) is 1. The molecule has 2 rings (SSSR count). The highest BCUT2D eigenvalue weighted by molar-refractivity contribution is 5.83. The number of rotatable bonds is 0. The predicted molar refractivity (Wildman–Crippen MR) is 49.2 cm³/mol. The standard InChI is InChI=1S/C10H17NO/c1-9-8-10(12-11-9)6-4-2-3-5-7-10/h2-8H2,1H3. The first-order chi connectivity index (χ1) is 5.81. The molecular formula is C10H17NO. The first-order valence-electron chi connectivity index (χ1n) is 5.02. The molecule has 1 aliphatic carbocycles. The van der Waals surface area contributed by atoms with Crippen molar-refractivity contribution >= 4 is 5.71 Å². The molecule has 1 aliphatic heterocycles. The van der Waals surface area contributed by atoms with Crippen LogP contribution >= 0.6 is 0 Å². The van der Waals surface area contributed by atoms with Gasteiger partial charge in [0.15, 0.2) is 0 Å². The van der Waals surface area contributed by atoms with E-state index in [1.54, 1.807) is 0 Å². The molecule has 0 unspecified atom stereocenters. The maximum Gasteiger partial charge on any atom is 0.143 e. The van der Waals surface area contributed by atoms with E-state index in [2.05, 4.69) is 12.1 Å². The van der Waals surface area contributed by atoms with Crippen molar-refractivity contribution < 1.29 is 4.84 Å². The molecule has 0 radical (unpaired) electrons. The van der Waals surface area contributed by atoms with Crippen molar-refractivity contribution in [3.05, 3.63) is 0 Å². The second-order valence-corrected chi connectivity index (χ2v) is 4.19. The number of hydrogen-bond acceptors (Lipinski definition) is 2. The van der Waals surface area contributed by atoms with E-state index in [4.69, 9.17) is 4.84 Å². The summed E-state index contributed by atoms with van der Waals surface area (Å²) in [4.78, 5) is 5.56. The lowest BCUT2D eigenvalue weighted by Gasteiger charge is -2.24. The molecule has 12 heavy (non-hydrogen) atoms. The Bertz CT molecular complexity index is 190. The van der Waals surface area contributed by atoms with E-state index in [1.807, 2.05) is 0 Å². The van der Waals surface area contributed by atoms with E-state index in [0.717, 1.165) is 6.42 Å². The summed E-state index contributed by atoms with van der Waals surface area (Å²) in [5, 5.41) is 4.07. The zero-order chi connectivity index (χ0) is 8.44. The lowest BCUT2D eigenvalue weighted by atomic mass is 9.90. The van der Waals surface area contributed by atoms with Gasteiger partial charge in [0.2, 0.25) is 0 Å². The van der Waals surface area contributed by atoms with E-state index in [1.165, 1.54) is 44.2 Å². The molecule has 2 nitrogen and oxygen atoms in total. The third kappa shape index (κ3) is 1.47. The maximum absolute atomic E-state index is 5.56. The monoisotopic (exact) mass is 167 g/mol. The molecule has 0 amide bonds. The largest absolute Gasteiger partial charge is 0.389 e. The Hall–Kier alpha value is -0.530. The molecule has 0 saturated heterocycles. The molecule has 1 saturated carbocycles. The van der Waals surface area contributed by atoms with Crippen LogP contribution in [0.5, 0.6) is 0 Å². The van der Waals surface area contributed by atoms with E-state index in [-0.39, 0.29) is 5.60 Å². The lowest BCUT2D eigenvalue weighted by molar-refractivity contribution is -0.0298. The molecule has 68 valence electrons. The summed E-state index contributed by atoms with van der Waals surface area (Å²) in [5.41, 5.74) is 1.30. The van der Waals surface area contributed by atoms with Crippen molar-refractivity contribution in [3.8, 4) is 0 Å². The third-order valence-corrected chi connectivity index (χ3v) is 2.99. The van der Waals surface area contributed by atoms with Crippen LogP contribution in [0.4, 0.5) is 0 Å². The normalized spacial score (nSPS) is 27.9. The van der Waals surface area contributed by atoms with Crippen LogP contribution in [0.25, 0.3) is 0 Å². The number of oxime groups is 1. The molecule has 0 aromatic heterocycles. The zero-order valence-corrected chi connectivity index (χ0v) is 7.81. The van der Waals surface area contributed by atoms with Crippen LogP contribution in [0.2, 0.25) is 0 Å². The van der Waals surface area contributed by atoms with Crippen LogP contribution in [-0.4, -0.2) is 11.3 Å². The Morgan fingerprint density at radius 3 is 2.33 bits per heavy atom. The van der Waals surface area contributed by atoms with Gasteiger partial charge in [0, 0.05) is 6.42 Å². The topological polar surface area (TPSA) is 21.6 Å². The van der Waals surface area contributed by atoms with Crippen LogP contribution in [0, 0.1) is 0 Å². The highest BCUT2D eigenvalue weighted by Crippen LogP contribution is 2.36. The molecule has 2 heteroatoms. The zero-order valence-electron chi connectivity index (χ0n) is 7.81. The quantitative estimate of drug-likeness (QED) is 0.543. The Labute approximate surface area is 74.0 Å². The first kappa shape index (κ1) is 8.09. The molecule has 1 heterocycles. The fraction of sp³-hybridized carbons (Fsp3) is 0.900. The van der Waals surface area contributed by atoms with E-state index >= 15 is 0 Å². The molecule has 0 atom stereocenters. The molecule has 0 aromatic rings. The summed E-state index contributed by atoms with van der Waals surface area (Å²) in [6, 6.07) is 0. The minimum absolute atomic E-state index is 0.126. The van der Waals surface area contributed by atoms with Gasteiger partial charge in [0.1, 0.15) is 5.60 Å². The van der Waals surface area contributed by atoms with E-state index in [9.17, 15) is 0 Å². The maximum atomic E-state index is 5.56. The second-order valence-electron chi connectivity index (χ2n) is 4.19. The van der Waals surface area contributed by atoms with Crippen molar-refractivity contribution in [2.45, 2.75) is 57.5 Å². The van der Waals surface area contributed by atoms with Crippen molar-refractivity contribution in [2.24, 2.45) is 5.16 Å². The van der Waals surface area contributed by atoms with Gasteiger partial charge in [-0.1, -0.05) is 18.0 Å². The molecular weight excluding hydrogens is 150 g/mol. The van der Waals surface area contributed by atoms with Gasteiger partial charge in [-0.2, -0.15) is 0 Å². The Kier molecular flexibility index (Phi) is 2.07. The molecule has 0 aromatic carbocycles. The molecule has 0 bridgehead atoms. The van der Waals surface area contributed by atoms with Crippen molar-refractivity contribution in [2.75, 3.05) is 0 Å². The summed E-state index contributed by atoms with van der Waals surface area (Å²) in [5.74, 6) is 0. The summed E-state index contributed by atoms with van der Waals surface area (Å²) < 4.78 is 0. The van der Waals surface area contributed by atoms with Crippen molar-refractivity contribution in [1.82, 2.24) is 0 Å². The van der Waals surface area contributed by atoms with Gasteiger partial charge in [-0.15, -0.1) is 0 Å². The third-order valence-electron chi connectivity index (χ3n) is 2.99. The van der Waals surface area contributed by atoms with Crippen LogP contribution in [0.15, 0.2) is 5.16 Å². The van der Waals surface area contributed by atoms with Crippen LogP contribution < -0.4 is 0 Å². The predicted octanol–water partition coefficient (Wildman–Crippen LogP) is 2.88. The Morgan fingerprint density at radius 2 is 1.83 bits per heavy atom. The second kappa shape index (κ2) is 3.08. The fourth-order valence-corrected chi connectivity index (χ4v) is 2.35.